The first-order chi connectivity index (χ1) is 6.91. The van der Waals surface area contributed by atoms with Crippen LogP contribution >= 0.6 is 0 Å². The van der Waals surface area contributed by atoms with Crippen LogP contribution in [0.2, 0.25) is 0 Å². The van der Waals surface area contributed by atoms with Crippen LogP contribution in [-0.4, -0.2) is 14.6 Å². The van der Waals surface area contributed by atoms with Crippen molar-refractivity contribution in [2.45, 2.75) is 33.1 Å². The maximum Gasteiger partial charge on any atom is 0.184 e. The van der Waals surface area contributed by atoms with Crippen LogP contribution in [-0.2, 0) is 5.41 Å². The van der Waals surface area contributed by atoms with E-state index in [2.05, 4.69) is 31.0 Å². The first-order valence-corrected chi connectivity index (χ1v) is 5.01. The second-order valence-electron chi connectivity index (χ2n) is 4.88. The number of aryl methyl sites for hydroxylation is 1. The monoisotopic (exact) mass is 204 g/mol. The fourth-order valence-electron chi connectivity index (χ4n) is 1.58. The molecule has 0 aliphatic carbocycles. The summed E-state index contributed by atoms with van der Waals surface area (Å²) in [6.45, 7) is 8.30. The molecule has 2 aromatic heterocycles. The van der Waals surface area contributed by atoms with Crippen molar-refractivity contribution in [1.29, 1.82) is 0 Å². The van der Waals surface area contributed by atoms with E-state index in [-0.39, 0.29) is 5.41 Å². The predicted octanol–water partition coefficient (Wildman–Crippen LogP) is 1.92. The van der Waals surface area contributed by atoms with Gasteiger partial charge >= 0.3 is 0 Å². The first-order valence-electron chi connectivity index (χ1n) is 5.01. The topological polar surface area (TPSA) is 56.2 Å². The number of rotatable bonds is 0. The first kappa shape index (κ1) is 9.96. The molecule has 2 N–H and O–H groups in total. The van der Waals surface area contributed by atoms with Gasteiger partial charge in [-0.1, -0.05) is 20.8 Å². The summed E-state index contributed by atoms with van der Waals surface area (Å²) in [5, 5.41) is 8.33. The van der Waals surface area contributed by atoms with Crippen LogP contribution < -0.4 is 5.73 Å². The van der Waals surface area contributed by atoms with E-state index in [9.17, 15) is 0 Å². The average molecular weight is 204 g/mol. The Hall–Kier alpha value is -1.58. The van der Waals surface area contributed by atoms with Crippen LogP contribution in [0.25, 0.3) is 5.65 Å². The number of pyridine rings is 1. The molecular weight excluding hydrogens is 188 g/mol. The fraction of sp³-hybridized carbons (Fsp3) is 0.455. The Bertz CT molecular complexity index is 505. The number of anilines is 1. The molecule has 2 heterocycles. The SMILES string of the molecule is Cc1ccn2c(C(C)(C)C)nnc2c1N. The minimum absolute atomic E-state index is 0.0267. The molecule has 0 fully saturated rings. The predicted molar refractivity (Wildman–Crippen MR) is 60.8 cm³/mol. The zero-order valence-corrected chi connectivity index (χ0v) is 9.57. The number of nitrogens with zero attached hydrogens (tertiary/aromatic N) is 3. The molecule has 15 heavy (non-hydrogen) atoms. The lowest BCUT2D eigenvalue weighted by molar-refractivity contribution is 0.539. The lowest BCUT2D eigenvalue weighted by atomic mass is 9.96. The maximum absolute atomic E-state index is 5.95. The summed E-state index contributed by atoms with van der Waals surface area (Å²) in [4.78, 5) is 0. The van der Waals surface area contributed by atoms with Crippen LogP contribution in [0.1, 0.15) is 32.2 Å². The summed E-state index contributed by atoms with van der Waals surface area (Å²) in [7, 11) is 0. The summed E-state index contributed by atoms with van der Waals surface area (Å²) >= 11 is 0. The minimum Gasteiger partial charge on any atom is -0.395 e. The van der Waals surface area contributed by atoms with E-state index < -0.39 is 0 Å². The third kappa shape index (κ3) is 1.46. The molecule has 4 heteroatoms. The van der Waals surface area contributed by atoms with E-state index in [0.29, 0.717) is 5.69 Å². The van der Waals surface area contributed by atoms with Crippen molar-refractivity contribution in [2.75, 3.05) is 5.73 Å². The second kappa shape index (κ2) is 2.95. The maximum atomic E-state index is 5.95. The molecule has 2 rings (SSSR count). The van der Waals surface area contributed by atoms with E-state index >= 15 is 0 Å². The van der Waals surface area contributed by atoms with Crippen molar-refractivity contribution < 1.29 is 0 Å². The van der Waals surface area contributed by atoms with Gasteiger partial charge in [-0.3, -0.25) is 4.40 Å². The Labute approximate surface area is 89.1 Å². The van der Waals surface area contributed by atoms with Gasteiger partial charge in [0.05, 0.1) is 5.69 Å². The molecular formula is C11H16N4. The van der Waals surface area contributed by atoms with Crippen molar-refractivity contribution in [3.8, 4) is 0 Å². The number of aromatic nitrogens is 3. The summed E-state index contributed by atoms with van der Waals surface area (Å²) in [6, 6.07) is 1.99. The fourth-order valence-corrected chi connectivity index (χ4v) is 1.58. The van der Waals surface area contributed by atoms with Crippen LogP contribution in [0.3, 0.4) is 0 Å². The van der Waals surface area contributed by atoms with Gasteiger partial charge in [-0.05, 0) is 18.6 Å². The second-order valence-corrected chi connectivity index (χ2v) is 4.88. The van der Waals surface area contributed by atoms with Gasteiger partial charge in [0.2, 0.25) is 0 Å². The summed E-state index contributed by atoms with van der Waals surface area (Å²) in [5.41, 5.74) is 8.42. The van der Waals surface area contributed by atoms with Gasteiger partial charge in [0.15, 0.2) is 5.65 Å². The van der Waals surface area contributed by atoms with E-state index in [4.69, 9.17) is 5.73 Å². The van der Waals surface area contributed by atoms with Crippen LogP contribution in [0, 0.1) is 6.92 Å². The van der Waals surface area contributed by atoms with Gasteiger partial charge in [0, 0.05) is 11.6 Å². The number of nitrogens with two attached hydrogens (primary N) is 1. The van der Waals surface area contributed by atoms with Crippen LogP contribution in [0.4, 0.5) is 5.69 Å². The molecule has 0 saturated heterocycles. The Balaban J connectivity index is 2.78. The lowest BCUT2D eigenvalue weighted by Crippen LogP contribution is -2.16. The molecule has 0 saturated carbocycles. The van der Waals surface area contributed by atoms with Crippen molar-refractivity contribution in [3.05, 3.63) is 23.7 Å². The summed E-state index contributed by atoms with van der Waals surface area (Å²) in [5.74, 6) is 0.934. The molecule has 0 radical (unpaired) electrons. The van der Waals surface area contributed by atoms with Crippen molar-refractivity contribution >= 4 is 11.3 Å². The molecule has 0 unspecified atom stereocenters. The third-order valence-corrected chi connectivity index (χ3v) is 2.51. The van der Waals surface area contributed by atoms with E-state index in [1.54, 1.807) is 0 Å². The Kier molecular flexibility index (Phi) is 1.96. The molecule has 2 aromatic rings. The van der Waals surface area contributed by atoms with Gasteiger partial charge in [-0.2, -0.15) is 0 Å². The van der Waals surface area contributed by atoms with E-state index in [0.717, 1.165) is 17.0 Å². The van der Waals surface area contributed by atoms with Gasteiger partial charge in [-0.25, -0.2) is 0 Å². The highest BCUT2D eigenvalue weighted by atomic mass is 15.3. The molecule has 0 atom stereocenters. The molecule has 0 aliphatic rings. The van der Waals surface area contributed by atoms with Gasteiger partial charge in [-0.15, -0.1) is 10.2 Å². The van der Waals surface area contributed by atoms with Gasteiger partial charge in [0.1, 0.15) is 5.82 Å². The van der Waals surface area contributed by atoms with Crippen molar-refractivity contribution in [3.63, 3.8) is 0 Å². The molecule has 0 amide bonds. The summed E-state index contributed by atoms with van der Waals surface area (Å²) < 4.78 is 1.96. The van der Waals surface area contributed by atoms with Crippen LogP contribution in [0.15, 0.2) is 12.3 Å². The smallest absolute Gasteiger partial charge is 0.184 e. The van der Waals surface area contributed by atoms with Crippen LogP contribution in [0.5, 0.6) is 0 Å². The Morgan fingerprint density at radius 2 is 1.93 bits per heavy atom. The minimum atomic E-state index is -0.0267. The highest BCUT2D eigenvalue weighted by Gasteiger charge is 2.21. The van der Waals surface area contributed by atoms with E-state index in [1.165, 1.54) is 0 Å². The molecule has 0 spiro atoms. The third-order valence-electron chi connectivity index (χ3n) is 2.51. The highest BCUT2D eigenvalue weighted by molar-refractivity contribution is 5.68. The lowest BCUT2D eigenvalue weighted by Gasteiger charge is -2.15. The summed E-state index contributed by atoms with van der Waals surface area (Å²) in [6.07, 6.45) is 1.97. The highest BCUT2D eigenvalue weighted by Crippen LogP contribution is 2.24. The van der Waals surface area contributed by atoms with Crippen molar-refractivity contribution in [1.82, 2.24) is 14.6 Å². The van der Waals surface area contributed by atoms with Gasteiger partial charge in [0.25, 0.3) is 0 Å². The largest absolute Gasteiger partial charge is 0.395 e. The zero-order chi connectivity index (χ0) is 11.2. The molecule has 80 valence electrons. The standard InChI is InChI=1S/C11H16N4/c1-7-5-6-15-9(8(7)12)13-14-10(15)11(2,3)4/h5-6H,12H2,1-4H3. The Morgan fingerprint density at radius 1 is 1.27 bits per heavy atom. The molecule has 0 aliphatic heterocycles. The van der Waals surface area contributed by atoms with E-state index in [1.807, 2.05) is 23.6 Å². The molecule has 4 nitrogen and oxygen atoms in total. The van der Waals surface area contributed by atoms with Crippen molar-refractivity contribution in [2.24, 2.45) is 0 Å². The Morgan fingerprint density at radius 3 is 2.53 bits per heavy atom. The molecule has 0 aromatic carbocycles. The number of fused-ring (bicyclic) bond motifs is 1. The normalized spacial score (nSPS) is 12.3. The average Bonchev–Trinajstić information content (AvgIpc) is 2.54. The number of nitrogen functional groups attached to an aromatic ring is 1. The van der Waals surface area contributed by atoms with Gasteiger partial charge < -0.3 is 5.73 Å². The molecule has 0 bridgehead atoms. The zero-order valence-electron chi connectivity index (χ0n) is 9.57. The number of hydrogen-bond acceptors (Lipinski definition) is 3. The quantitative estimate of drug-likeness (QED) is 0.713. The number of hydrogen-bond donors (Lipinski definition) is 1.